The zero-order valence-electron chi connectivity index (χ0n) is 25.5. The molecule has 1 amide bonds. The predicted molar refractivity (Wildman–Crippen MR) is 167 cm³/mol. The quantitative estimate of drug-likeness (QED) is 0.199. The third kappa shape index (κ3) is 7.79. The molecular weight excluding hydrogens is 548 g/mol. The van der Waals surface area contributed by atoms with Crippen LogP contribution in [0.25, 0.3) is 21.9 Å². The Morgan fingerprint density at radius 3 is 2.58 bits per heavy atom. The molecule has 0 bridgehead atoms. The van der Waals surface area contributed by atoms with Gasteiger partial charge in [0.2, 0.25) is 5.91 Å². The molecule has 0 spiro atoms. The number of anilines is 1. The van der Waals surface area contributed by atoms with E-state index in [2.05, 4.69) is 14.5 Å². The minimum Gasteiger partial charge on any atom is -0.479 e. The van der Waals surface area contributed by atoms with Crippen molar-refractivity contribution in [3.05, 3.63) is 59.9 Å². The third-order valence-corrected chi connectivity index (χ3v) is 7.57. The predicted octanol–water partition coefficient (Wildman–Crippen LogP) is 3.97. The highest BCUT2D eigenvalue weighted by atomic mass is 16.5. The van der Waals surface area contributed by atoms with Crippen molar-refractivity contribution in [1.29, 1.82) is 0 Å². The Balaban J connectivity index is 1.60. The molecule has 1 atom stereocenters. The van der Waals surface area contributed by atoms with Crippen LogP contribution in [0.1, 0.15) is 38.6 Å². The Labute approximate surface area is 252 Å². The molecule has 4 aromatic rings. The van der Waals surface area contributed by atoms with Gasteiger partial charge in [-0.25, -0.2) is 14.8 Å². The van der Waals surface area contributed by atoms with Gasteiger partial charge in [0.15, 0.2) is 11.9 Å². The molecule has 0 aliphatic carbocycles. The van der Waals surface area contributed by atoms with Crippen LogP contribution in [0.3, 0.4) is 0 Å². The number of hydrogen-bond acceptors (Lipinski definition) is 8. The van der Waals surface area contributed by atoms with E-state index in [0.29, 0.717) is 62.7 Å². The van der Waals surface area contributed by atoms with Gasteiger partial charge < -0.3 is 29.8 Å². The zero-order valence-corrected chi connectivity index (χ0v) is 25.5. The molecule has 2 heterocycles. The van der Waals surface area contributed by atoms with Crippen LogP contribution in [0.4, 0.5) is 5.82 Å². The lowest BCUT2D eigenvalue weighted by molar-refractivity contribution is -0.144. The average molecular weight is 591 g/mol. The van der Waals surface area contributed by atoms with Gasteiger partial charge in [-0.3, -0.25) is 9.69 Å². The number of ether oxygens (including phenoxy) is 2. The first-order valence-corrected chi connectivity index (χ1v) is 14.8. The summed E-state index contributed by atoms with van der Waals surface area (Å²) in [5.74, 6) is 0.697. The van der Waals surface area contributed by atoms with Gasteiger partial charge in [-0.1, -0.05) is 44.2 Å². The number of para-hydroxylation sites is 1. The summed E-state index contributed by atoms with van der Waals surface area (Å²) in [4.78, 5) is 38.2. The van der Waals surface area contributed by atoms with Crippen molar-refractivity contribution in [2.75, 3.05) is 45.6 Å². The van der Waals surface area contributed by atoms with Gasteiger partial charge in [0.05, 0.1) is 24.2 Å². The van der Waals surface area contributed by atoms with E-state index in [1.165, 1.54) is 6.92 Å². The molecule has 0 saturated carbocycles. The van der Waals surface area contributed by atoms with Crippen molar-refractivity contribution in [2.24, 2.45) is 0 Å². The Morgan fingerprint density at radius 1 is 1.09 bits per heavy atom. The van der Waals surface area contributed by atoms with Gasteiger partial charge in [-0.2, -0.15) is 0 Å². The number of pyridine rings is 1. The van der Waals surface area contributed by atoms with Crippen molar-refractivity contribution in [3.8, 4) is 5.75 Å². The van der Waals surface area contributed by atoms with Crippen LogP contribution in [-0.4, -0.2) is 87.3 Å². The normalized spacial score (nSPS) is 12.2. The first kappa shape index (κ1) is 31.7. The number of nitrogen functional groups attached to an aromatic ring is 1. The topological polar surface area (TPSA) is 136 Å². The molecule has 0 aliphatic rings. The number of rotatable bonds is 16. The molecule has 3 N–H and O–H groups in total. The van der Waals surface area contributed by atoms with Gasteiger partial charge in [-0.15, -0.1) is 0 Å². The fourth-order valence-electron chi connectivity index (χ4n) is 5.17. The van der Waals surface area contributed by atoms with Gasteiger partial charge in [0, 0.05) is 38.6 Å². The van der Waals surface area contributed by atoms with Crippen LogP contribution < -0.4 is 10.5 Å². The number of carboxylic acid groups (broad SMARTS) is 1. The maximum Gasteiger partial charge on any atom is 0.344 e. The lowest BCUT2D eigenvalue weighted by atomic mass is 10.1. The number of carbonyl (C=O) groups excluding carboxylic acids is 1. The molecule has 43 heavy (non-hydrogen) atoms. The summed E-state index contributed by atoms with van der Waals surface area (Å²) in [5.41, 5.74) is 9.63. The van der Waals surface area contributed by atoms with E-state index in [1.807, 2.05) is 55.1 Å². The summed E-state index contributed by atoms with van der Waals surface area (Å²) in [6, 6.07) is 15.2. The molecule has 1 unspecified atom stereocenters. The smallest absolute Gasteiger partial charge is 0.344 e. The molecule has 0 fully saturated rings. The van der Waals surface area contributed by atoms with Crippen LogP contribution >= 0.6 is 0 Å². The number of aliphatic carboxylic acids is 1. The minimum atomic E-state index is -1.04. The van der Waals surface area contributed by atoms with Crippen molar-refractivity contribution >= 4 is 39.6 Å². The number of nitrogens with zero attached hydrogens (tertiary/aromatic N) is 5. The van der Waals surface area contributed by atoms with Crippen LogP contribution in [0.5, 0.6) is 5.75 Å². The van der Waals surface area contributed by atoms with E-state index in [-0.39, 0.29) is 5.91 Å². The van der Waals surface area contributed by atoms with E-state index in [9.17, 15) is 14.7 Å². The van der Waals surface area contributed by atoms with Gasteiger partial charge in [0.1, 0.15) is 17.1 Å². The number of likely N-dealkylation sites (N-methyl/N-ethyl adjacent to an activating group) is 1. The highest BCUT2D eigenvalue weighted by Crippen LogP contribution is 2.29. The van der Waals surface area contributed by atoms with E-state index < -0.39 is 12.1 Å². The molecule has 2 aromatic heterocycles. The Bertz CT molecular complexity index is 1550. The van der Waals surface area contributed by atoms with Gasteiger partial charge in [-0.05, 0) is 50.2 Å². The molecule has 0 aliphatic heterocycles. The molecule has 4 rings (SSSR count). The minimum absolute atomic E-state index is 0.0305. The lowest BCUT2D eigenvalue weighted by Crippen LogP contribution is -2.40. The van der Waals surface area contributed by atoms with E-state index >= 15 is 0 Å². The monoisotopic (exact) mass is 590 g/mol. The Kier molecular flexibility index (Phi) is 10.9. The van der Waals surface area contributed by atoms with Crippen LogP contribution in [0.2, 0.25) is 0 Å². The molecule has 2 aromatic carbocycles. The number of aromatic nitrogens is 3. The number of carboxylic acids is 1. The summed E-state index contributed by atoms with van der Waals surface area (Å²) in [6.07, 6.45) is 0.317. The third-order valence-electron chi connectivity index (χ3n) is 7.57. The fraction of sp³-hybridized carbons (Fsp3) is 0.438. The largest absolute Gasteiger partial charge is 0.479 e. The van der Waals surface area contributed by atoms with Crippen molar-refractivity contribution in [3.63, 3.8) is 0 Å². The highest BCUT2D eigenvalue weighted by Gasteiger charge is 2.20. The highest BCUT2D eigenvalue weighted by molar-refractivity contribution is 6.06. The lowest BCUT2D eigenvalue weighted by Gasteiger charge is -2.27. The summed E-state index contributed by atoms with van der Waals surface area (Å²) in [5, 5.41) is 10.2. The number of nitrogens with two attached hydrogens (primary N) is 1. The van der Waals surface area contributed by atoms with Crippen molar-refractivity contribution < 1.29 is 24.2 Å². The number of aryl methyl sites for hydroxylation is 1. The van der Waals surface area contributed by atoms with Gasteiger partial charge in [0.25, 0.3) is 0 Å². The van der Waals surface area contributed by atoms with Crippen molar-refractivity contribution in [1.82, 2.24) is 24.3 Å². The number of fused-ring (bicyclic) bond motifs is 3. The summed E-state index contributed by atoms with van der Waals surface area (Å²) in [7, 11) is 1.67. The molecule has 11 nitrogen and oxygen atoms in total. The number of amides is 1. The fourth-order valence-corrected chi connectivity index (χ4v) is 5.17. The second kappa shape index (κ2) is 14.8. The summed E-state index contributed by atoms with van der Waals surface area (Å²) >= 11 is 0. The Hall–Kier alpha value is -4.22. The number of imidazole rings is 1. The van der Waals surface area contributed by atoms with E-state index in [1.54, 1.807) is 19.2 Å². The summed E-state index contributed by atoms with van der Waals surface area (Å²) in [6.45, 7) is 9.47. The number of hydrogen-bond donors (Lipinski definition) is 2. The average Bonchev–Trinajstić information content (AvgIpc) is 3.37. The van der Waals surface area contributed by atoms with Gasteiger partial charge >= 0.3 is 5.97 Å². The SMILES string of the molecule is CCN(CC)CC(=O)N(CCCn1c(CCOC)nc2c(N)nc3ccccc3c21)Cc1cccc(OC(C)C(=O)O)c1. The van der Waals surface area contributed by atoms with E-state index in [0.717, 1.165) is 40.9 Å². The van der Waals surface area contributed by atoms with E-state index in [4.69, 9.17) is 20.2 Å². The molecule has 230 valence electrons. The van der Waals surface area contributed by atoms with Crippen molar-refractivity contribution in [2.45, 2.75) is 52.8 Å². The number of methoxy groups -OCH3 is 1. The van der Waals surface area contributed by atoms with Crippen LogP contribution in [0.15, 0.2) is 48.5 Å². The first-order chi connectivity index (χ1) is 20.7. The van der Waals surface area contributed by atoms with Crippen LogP contribution in [0, 0.1) is 0 Å². The number of carbonyl (C=O) groups is 2. The Morgan fingerprint density at radius 2 is 1.86 bits per heavy atom. The van der Waals surface area contributed by atoms with Crippen LogP contribution in [-0.2, 0) is 33.8 Å². The maximum atomic E-state index is 13.6. The standard InChI is InChI=1S/C32H42N6O5/c1-5-36(6-2)21-28(39)37(20-23-11-9-12-24(19-23)43-22(3)32(40)41)16-10-17-38-27(15-18-42-4)35-29-30(38)25-13-7-8-14-26(25)34-31(29)33/h7-9,11-14,19,22H,5-6,10,15-18,20-21H2,1-4H3,(H2,33,34)(H,40,41). The molecular formula is C32H42N6O5. The first-order valence-electron chi connectivity index (χ1n) is 14.8. The second-order valence-corrected chi connectivity index (χ2v) is 10.5. The molecule has 0 radical (unpaired) electrons. The molecule has 11 heteroatoms. The summed E-state index contributed by atoms with van der Waals surface area (Å²) < 4.78 is 13.1. The number of benzene rings is 2. The second-order valence-electron chi connectivity index (χ2n) is 10.5. The molecule has 0 saturated heterocycles. The zero-order chi connectivity index (χ0) is 30.9. The maximum absolute atomic E-state index is 13.6.